The molecule has 5 aromatic rings. The van der Waals surface area contributed by atoms with Gasteiger partial charge in [-0.3, -0.25) is 4.98 Å². The lowest BCUT2D eigenvalue weighted by molar-refractivity contribution is -0.501. The topological polar surface area (TPSA) is 31.2 Å². The Morgan fingerprint density at radius 3 is 2.27 bits per heavy atom. The maximum Gasteiger partial charge on any atom is 0.331 e. The summed E-state index contributed by atoms with van der Waals surface area (Å²) in [6.45, 7) is 0. The molecule has 0 spiro atoms. The molecule has 0 bridgehead atoms. The van der Waals surface area contributed by atoms with E-state index in [2.05, 4.69) is 101 Å². The SMILES string of the molecule is C1=CC2=[n+]3c(c4ccc(-c5ccc(-c6ccccc6)cc5)cc4c4ncccc43)=NC2C=C1. The lowest BCUT2D eigenvalue weighted by Crippen LogP contribution is -2.38. The molecule has 1 unspecified atom stereocenters. The fourth-order valence-electron chi connectivity index (χ4n) is 4.98. The molecule has 0 saturated carbocycles. The van der Waals surface area contributed by atoms with Crippen molar-refractivity contribution in [3.05, 3.63) is 127 Å². The molecule has 3 heteroatoms. The highest BCUT2D eigenvalue weighted by atomic mass is 15.0. The van der Waals surface area contributed by atoms with Crippen molar-refractivity contribution in [3.8, 4) is 22.3 Å². The third-order valence-electron chi connectivity index (χ3n) is 6.57. The molecule has 0 N–H and O–H groups in total. The average Bonchev–Trinajstić information content (AvgIpc) is 3.29. The van der Waals surface area contributed by atoms with Gasteiger partial charge in [0.2, 0.25) is 6.04 Å². The number of benzene rings is 3. The molecule has 2 aliphatic rings. The van der Waals surface area contributed by atoms with Crippen LogP contribution in [0.4, 0.5) is 0 Å². The van der Waals surface area contributed by atoms with Crippen molar-refractivity contribution in [2.24, 2.45) is 4.99 Å². The van der Waals surface area contributed by atoms with Crippen LogP contribution in [0.15, 0.2) is 120 Å². The lowest BCUT2D eigenvalue weighted by Gasteiger charge is -2.07. The van der Waals surface area contributed by atoms with Gasteiger partial charge in [0, 0.05) is 11.6 Å². The quantitative estimate of drug-likeness (QED) is 0.272. The second kappa shape index (κ2) is 7.07. The molecule has 3 heterocycles. The molecule has 0 amide bonds. The van der Waals surface area contributed by atoms with Gasteiger partial charge in [0.25, 0.3) is 0 Å². The Labute approximate surface area is 191 Å². The highest BCUT2D eigenvalue weighted by Gasteiger charge is 2.30. The number of aromatic nitrogens is 2. The number of hydrogen-bond acceptors (Lipinski definition) is 2. The summed E-state index contributed by atoms with van der Waals surface area (Å²) in [5.74, 6) is 0. The molecule has 3 aromatic carbocycles. The fraction of sp³-hybridized carbons (Fsp3) is 0.0333. The van der Waals surface area contributed by atoms with Gasteiger partial charge in [-0.05, 0) is 58.7 Å². The minimum atomic E-state index is 0.0641. The number of fused-ring (bicyclic) bond motifs is 7. The van der Waals surface area contributed by atoms with E-state index in [4.69, 9.17) is 9.98 Å². The van der Waals surface area contributed by atoms with Gasteiger partial charge < -0.3 is 0 Å². The van der Waals surface area contributed by atoms with E-state index in [1.807, 2.05) is 18.3 Å². The Bertz CT molecular complexity index is 1750. The summed E-state index contributed by atoms with van der Waals surface area (Å²) in [5, 5.41) is 2.27. The number of rotatable bonds is 2. The van der Waals surface area contributed by atoms with E-state index < -0.39 is 0 Å². The highest BCUT2D eigenvalue weighted by molar-refractivity contribution is 6.03. The summed E-state index contributed by atoms with van der Waals surface area (Å²) in [7, 11) is 0. The third-order valence-corrected chi connectivity index (χ3v) is 6.57. The second-order valence-corrected chi connectivity index (χ2v) is 8.48. The van der Waals surface area contributed by atoms with Crippen LogP contribution in [0, 0.1) is 5.71 Å². The lowest BCUT2D eigenvalue weighted by atomic mass is 9.98. The van der Waals surface area contributed by atoms with E-state index in [1.54, 1.807) is 0 Å². The Morgan fingerprint density at radius 1 is 0.667 bits per heavy atom. The van der Waals surface area contributed by atoms with Gasteiger partial charge in [0.15, 0.2) is 11.2 Å². The number of allylic oxidation sites excluding steroid dienone is 2. The van der Waals surface area contributed by atoms with Crippen molar-refractivity contribution in [2.45, 2.75) is 6.04 Å². The van der Waals surface area contributed by atoms with Crippen LogP contribution in [0.5, 0.6) is 0 Å². The predicted octanol–water partition coefficient (Wildman–Crippen LogP) is 5.52. The van der Waals surface area contributed by atoms with Crippen LogP contribution < -0.4 is 9.73 Å². The predicted molar refractivity (Wildman–Crippen MR) is 132 cm³/mol. The van der Waals surface area contributed by atoms with Gasteiger partial charge in [0.1, 0.15) is 5.52 Å². The van der Waals surface area contributed by atoms with E-state index in [-0.39, 0.29) is 6.04 Å². The summed E-state index contributed by atoms with van der Waals surface area (Å²) < 4.78 is 2.27. The van der Waals surface area contributed by atoms with Crippen molar-refractivity contribution in [1.29, 1.82) is 0 Å². The molecule has 154 valence electrons. The zero-order chi connectivity index (χ0) is 21.8. The van der Waals surface area contributed by atoms with Gasteiger partial charge in [-0.15, -0.1) is 0 Å². The Morgan fingerprint density at radius 2 is 1.42 bits per heavy atom. The Kier molecular flexibility index (Phi) is 3.91. The number of hydrogen-bond donors (Lipinski definition) is 0. The van der Waals surface area contributed by atoms with Crippen LogP contribution in [0.1, 0.15) is 0 Å². The third kappa shape index (κ3) is 2.79. The molecule has 0 saturated heterocycles. The molecular weight excluding hydrogens is 402 g/mol. The summed E-state index contributed by atoms with van der Waals surface area (Å²) >= 11 is 0. The van der Waals surface area contributed by atoms with Crippen molar-refractivity contribution in [1.82, 2.24) is 4.98 Å². The Hall–Kier alpha value is -4.37. The smallest absolute Gasteiger partial charge is 0.252 e. The molecule has 1 atom stereocenters. The summed E-state index contributed by atoms with van der Waals surface area (Å²) in [6, 6.07) is 30.1. The molecule has 0 radical (unpaired) electrons. The molecule has 2 aromatic heterocycles. The van der Waals surface area contributed by atoms with Gasteiger partial charge in [0.05, 0.1) is 5.39 Å². The molecule has 1 aliphatic heterocycles. The van der Waals surface area contributed by atoms with Crippen LogP contribution in [-0.2, 0) is 0 Å². The van der Waals surface area contributed by atoms with E-state index in [9.17, 15) is 0 Å². The van der Waals surface area contributed by atoms with Crippen LogP contribution >= 0.6 is 0 Å². The molecule has 33 heavy (non-hydrogen) atoms. The van der Waals surface area contributed by atoms with Crippen molar-refractivity contribution in [2.75, 3.05) is 0 Å². The monoisotopic (exact) mass is 422 g/mol. The maximum absolute atomic E-state index is 5.06. The first-order valence-electron chi connectivity index (χ1n) is 11.2. The van der Waals surface area contributed by atoms with Gasteiger partial charge in [-0.25, -0.2) is 0 Å². The van der Waals surface area contributed by atoms with Gasteiger partial charge in [-0.1, -0.05) is 77.8 Å². The van der Waals surface area contributed by atoms with Gasteiger partial charge >= 0.3 is 5.49 Å². The molecule has 3 nitrogen and oxygen atoms in total. The molecule has 7 rings (SSSR count). The van der Waals surface area contributed by atoms with Crippen LogP contribution in [-0.4, -0.2) is 11.0 Å². The standard InChI is InChI=1S/C30H20N3/c1-2-7-20(8-3-1)21-12-14-22(15-13-21)23-16-17-24-25(19-23)29-28(11-6-18-31-29)33-27-10-5-4-9-26(27)32-30(24)33/h1-19,26H/q+1. The fourth-order valence-corrected chi connectivity index (χ4v) is 4.98. The summed E-state index contributed by atoms with van der Waals surface area (Å²) in [5.41, 5.74) is 9.13. The molecular formula is C30H20N3+. The summed E-state index contributed by atoms with van der Waals surface area (Å²) in [4.78, 5) is 9.85. The zero-order valence-electron chi connectivity index (χ0n) is 17.9. The van der Waals surface area contributed by atoms with Crippen molar-refractivity contribution in [3.63, 3.8) is 0 Å². The normalized spacial score (nSPS) is 16.1. The minimum Gasteiger partial charge on any atom is -0.252 e. The average molecular weight is 423 g/mol. The van der Waals surface area contributed by atoms with E-state index in [0.29, 0.717) is 0 Å². The Balaban J connectivity index is 1.45. The number of nitrogens with zero attached hydrogens (tertiary/aromatic N) is 3. The van der Waals surface area contributed by atoms with Gasteiger partial charge in [-0.2, -0.15) is 4.24 Å². The summed E-state index contributed by atoms with van der Waals surface area (Å²) in [6.07, 6.45) is 10.3. The molecule has 1 aliphatic carbocycles. The first kappa shape index (κ1) is 18.2. The van der Waals surface area contributed by atoms with Crippen LogP contribution in [0.25, 0.3) is 44.1 Å². The minimum absolute atomic E-state index is 0.0641. The van der Waals surface area contributed by atoms with E-state index >= 15 is 0 Å². The second-order valence-electron chi connectivity index (χ2n) is 8.48. The first-order chi connectivity index (χ1) is 16.4. The highest BCUT2D eigenvalue weighted by Crippen LogP contribution is 2.29. The van der Waals surface area contributed by atoms with Crippen molar-refractivity contribution < 1.29 is 4.24 Å². The van der Waals surface area contributed by atoms with E-state index in [1.165, 1.54) is 28.0 Å². The zero-order valence-corrected chi connectivity index (χ0v) is 17.9. The van der Waals surface area contributed by atoms with Crippen LogP contribution in [0.2, 0.25) is 0 Å². The first-order valence-corrected chi connectivity index (χ1v) is 11.2. The largest absolute Gasteiger partial charge is 0.331 e. The number of pyridine rings is 2. The van der Waals surface area contributed by atoms with Crippen molar-refractivity contribution >= 4 is 21.8 Å². The van der Waals surface area contributed by atoms with Crippen LogP contribution in [0.3, 0.4) is 0 Å². The maximum atomic E-state index is 5.06. The molecule has 0 fully saturated rings. The van der Waals surface area contributed by atoms with E-state index in [0.717, 1.165) is 27.3 Å².